The average molecular weight is 389 g/mol. The number of halogens is 4. The number of carbonyl (C=O) groups is 1. The molecule has 2 heterocycles. The smallest absolute Gasteiger partial charge is 0.256 e. The van der Waals surface area contributed by atoms with Crippen molar-refractivity contribution in [2.24, 2.45) is 0 Å². The van der Waals surface area contributed by atoms with Gasteiger partial charge in [0.2, 0.25) is 0 Å². The van der Waals surface area contributed by atoms with E-state index in [1.807, 2.05) is 4.90 Å². The van der Waals surface area contributed by atoms with Gasteiger partial charge in [0.1, 0.15) is 23.0 Å². The minimum atomic E-state index is -0.904. The number of rotatable bonds is 2. The van der Waals surface area contributed by atoms with E-state index in [1.54, 1.807) is 6.07 Å². The van der Waals surface area contributed by atoms with Gasteiger partial charge in [0.05, 0.1) is 5.56 Å². The van der Waals surface area contributed by atoms with Gasteiger partial charge >= 0.3 is 0 Å². The van der Waals surface area contributed by atoms with Crippen LogP contribution < -0.4 is 4.90 Å². The molecule has 0 spiro atoms. The number of benzene rings is 2. The summed E-state index contributed by atoms with van der Waals surface area (Å²) in [6, 6.07) is 6.52. The maximum absolute atomic E-state index is 14.0. The molecule has 2 aromatic carbocycles. The number of nitrogens with zero attached hydrogens (tertiary/aromatic N) is 3. The molecule has 0 N–H and O–H groups in total. The molecule has 1 amide bonds. The van der Waals surface area contributed by atoms with Crippen LogP contribution in [0.5, 0.6) is 0 Å². The Kier molecular flexibility index (Phi) is 4.62. The summed E-state index contributed by atoms with van der Waals surface area (Å²) in [6.45, 7) is 1.37. The number of hydrogen-bond acceptors (Lipinski definition) is 3. The van der Waals surface area contributed by atoms with Gasteiger partial charge in [-0.05, 0) is 24.3 Å². The molecular formula is C20H15F4N3O. The Morgan fingerprint density at radius 3 is 2.29 bits per heavy atom. The molecule has 0 bridgehead atoms. The van der Waals surface area contributed by atoms with Crippen molar-refractivity contribution in [1.82, 2.24) is 9.88 Å². The molecule has 0 unspecified atom stereocenters. The third kappa shape index (κ3) is 3.26. The minimum absolute atomic E-state index is 0.0748. The number of amides is 1. The quantitative estimate of drug-likeness (QED) is 0.627. The van der Waals surface area contributed by atoms with Gasteiger partial charge in [0, 0.05) is 55.6 Å². The maximum Gasteiger partial charge on any atom is 0.256 e. The van der Waals surface area contributed by atoms with Gasteiger partial charge in [-0.1, -0.05) is 0 Å². The number of aromatic nitrogens is 1. The zero-order chi connectivity index (χ0) is 19.8. The van der Waals surface area contributed by atoms with Gasteiger partial charge in [-0.3, -0.25) is 9.78 Å². The second-order valence-electron chi connectivity index (χ2n) is 6.52. The number of pyridine rings is 1. The molecule has 1 fully saturated rings. The molecule has 8 heteroatoms. The highest BCUT2D eigenvalue weighted by Gasteiger charge is 2.25. The van der Waals surface area contributed by atoms with Crippen LogP contribution in [0.2, 0.25) is 0 Å². The Bertz CT molecular complexity index is 1060. The summed E-state index contributed by atoms with van der Waals surface area (Å²) in [5.74, 6) is -3.60. The van der Waals surface area contributed by atoms with Crippen molar-refractivity contribution in [2.75, 3.05) is 31.1 Å². The molecule has 0 radical (unpaired) electrons. The highest BCUT2D eigenvalue weighted by molar-refractivity contribution is 5.95. The first-order chi connectivity index (χ1) is 13.4. The fraction of sp³-hybridized carbons (Fsp3) is 0.200. The number of fused-ring (bicyclic) bond motifs is 1. The fourth-order valence-electron chi connectivity index (χ4n) is 3.42. The Morgan fingerprint density at radius 1 is 0.857 bits per heavy atom. The molecule has 0 saturated carbocycles. The van der Waals surface area contributed by atoms with E-state index in [4.69, 9.17) is 0 Å². The molecule has 1 saturated heterocycles. The zero-order valence-corrected chi connectivity index (χ0v) is 14.6. The normalized spacial score (nSPS) is 14.6. The van der Waals surface area contributed by atoms with Crippen LogP contribution in [0.15, 0.2) is 42.6 Å². The first-order valence-corrected chi connectivity index (χ1v) is 8.67. The molecule has 1 aliphatic heterocycles. The van der Waals surface area contributed by atoms with Crippen LogP contribution in [0, 0.1) is 23.3 Å². The molecular weight excluding hydrogens is 374 g/mol. The average Bonchev–Trinajstić information content (AvgIpc) is 2.67. The molecule has 3 aromatic rings. The number of carbonyl (C=O) groups excluding carboxylic acids is 1. The Morgan fingerprint density at radius 2 is 1.57 bits per heavy atom. The third-order valence-electron chi connectivity index (χ3n) is 4.81. The van der Waals surface area contributed by atoms with E-state index in [2.05, 4.69) is 4.98 Å². The van der Waals surface area contributed by atoms with Gasteiger partial charge in [0.25, 0.3) is 5.91 Å². The zero-order valence-electron chi connectivity index (χ0n) is 14.6. The Balaban J connectivity index is 1.55. The SMILES string of the molecule is O=C(c1ccc(F)cc1F)N1CCN(c2ccnc3c(F)cc(F)cc23)CC1. The second kappa shape index (κ2) is 7.10. The lowest BCUT2D eigenvalue weighted by atomic mass is 10.1. The lowest BCUT2D eigenvalue weighted by Gasteiger charge is -2.36. The van der Waals surface area contributed by atoms with E-state index in [0.29, 0.717) is 30.2 Å². The third-order valence-corrected chi connectivity index (χ3v) is 4.81. The van der Waals surface area contributed by atoms with Crippen molar-refractivity contribution >= 4 is 22.5 Å². The van der Waals surface area contributed by atoms with Crippen LogP contribution in [0.1, 0.15) is 10.4 Å². The molecule has 4 rings (SSSR count). The summed E-state index contributed by atoms with van der Waals surface area (Å²) in [4.78, 5) is 19.9. The lowest BCUT2D eigenvalue weighted by molar-refractivity contribution is 0.0742. The van der Waals surface area contributed by atoms with E-state index in [9.17, 15) is 22.4 Å². The lowest BCUT2D eigenvalue weighted by Crippen LogP contribution is -2.49. The molecule has 4 nitrogen and oxygen atoms in total. The second-order valence-corrected chi connectivity index (χ2v) is 6.52. The van der Waals surface area contributed by atoms with Gasteiger partial charge in [0.15, 0.2) is 5.82 Å². The van der Waals surface area contributed by atoms with Crippen molar-refractivity contribution in [1.29, 1.82) is 0 Å². The van der Waals surface area contributed by atoms with Crippen LogP contribution in [0.25, 0.3) is 10.9 Å². The summed E-state index contributed by atoms with van der Waals surface area (Å²) < 4.78 is 54.6. The first-order valence-electron chi connectivity index (χ1n) is 8.67. The highest BCUT2D eigenvalue weighted by Crippen LogP contribution is 2.29. The van der Waals surface area contributed by atoms with Crippen LogP contribution >= 0.6 is 0 Å². The summed E-state index contributed by atoms with van der Waals surface area (Å²) >= 11 is 0. The summed E-state index contributed by atoms with van der Waals surface area (Å²) in [5.41, 5.74) is 0.502. The predicted octanol–water partition coefficient (Wildman–Crippen LogP) is 3.75. The Labute approximate surface area is 158 Å². The summed E-state index contributed by atoms with van der Waals surface area (Å²) in [7, 11) is 0. The van der Waals surface area contributed by atoms with Crippen LogP contribution in [-0.4, -0.2) is 42.0 Å². The highest BCUT2D eigenvalue weighted by atomic mass is 19.1. The molecule has 1 aromatic heterocycles. The van der Waals surface area contributed by atoms with Crippen LogP contribution in [0.3, 0.4) is 0 Å². The number of anilines is 1. The van der Waals surface area contributed by atoms with Crippen molar-refractivity contribution in [2.45, 2.75) is 0 Å². The van der Waals surface area contributed by atoms with Crippen molar-refractivity contribution in [3.63, 3.8) is 0 Å². The topological polar surface area (TPSA) is 36.4 Å². The monoisotopic (exact) mass is 389 g/mol. The van der Waals surface area contributed by atoms with Gasteiger partial charge < -0.3 is 9.80 Å². The van der Waals surface area contributed by atoms with E-state index >= 15 is 0 Å². The minimum Gasteiger partial charge on any atom is -0.367 e. The molecule has 28 heavy (non-hydrogen) atoms. The number of hydrogen-bond donors (Lipinski definition) is 0. The summed E-state index contributed by atoms with van der Waals surface area (Å²) in [6.07, 6.45) is 1.45. The molecule has 144 valence electrons. The standard InChI is InChI=1S/C20H15F4N3O/c21-12-1-2-14(16(23)10-12)20(28)27-7-5-26(6-8-27)18-3-4-25-19-15(18)9-13(22)11-17(19)24/h1-4,9-11H,5-8H2. The summed E-state index contributed by atoms with van der Waals surface area (Å²) in [5, 5.41) is 0.351. The van der Waals surface area contributed by atoms with Crippen molar-refractivity contribution in [3.05, 3.63) is 71.4 Å². The largest absolute Gasteiger partial charge is 0.367 e. The van der Waals surface area contributed by atoms with Crippen LogP contribution in [0.4, 0.5) is 23.2 Å². The number of piperazine rings is 1. The first kappa shape index (κ1) is 18.2. The maximum atomic E-state index is 14.0. The molecule has 1 aliphatic rings. The van der Waals surface area contributed by atoms with E-state index < -0.39 is 29.2 Å². The van der Waals surface area contributed by atoms with E-state index in [0.717, 1.165) is 18.2 Å². The Hall–Kier alpha value is -3.16. The fourth-order valence-corrected chi connectivity index (χ4v) is 3.42. The predicted molar refractivity (Wildman–Crippen MR) is 96.1 cm³/mol. The molecule has 0 aliphatic carbocycles. The van der Waals surface area contributed by atoms with Crippen molar-refractivity contribution < 1.29 is 22.4 Å². The van der Waals surface area contributed by atoms with E-state index in [1.165, 1.54) is 17.2 Å². The molecule has 0 atom stereocenters. The van der Waals surface area contributed by atoms with Gasteiger partial charge in [-0.15, -0.1) is 0 Å². The van der Waals surface area contributed by atoms with E-state index in [-0.39, 0.29) is 24.2 Å². The van der Waals surface area contributed by atoms with Crippen LogP contribution in [-0.2, 0) is 0 Å². The van der Waals surface area contributed by atoms with Gasteiger partial charge in [-0.2, -0.15) is 0 Å². The van der Waals surface area contributed by atoms with Crippen molar-refractivity contribution in [3.8, 4) is 0 Å². The van der Waals surface area contributed by atoms with Gasteiger partial charge in [-0.25, -0.2) is 17.6 Å².